The second-order valence-corrected chi connectivity index (χ2v) is 6.00. The smallest absolute Gasteiger partial charge is 0.325 e. The van der Waals surface area contributed by atoms with Crippen LogP contribution in [0.4, 0.5) is 13.6 Å². The maximum absolute atomic E-state index is 13.5. The highest BCUT2D eigenvalue weighted by molar-refractivity contribution is 6.11. The van der Waals surface area contributed by atoms with Crippen LogP contribution in [0.25, 0.3) is 0 Å². The summed E-state index contributed by atoms with van der Waals surface area (Å²) in [4.78, 5) is 38.0. The summed E-state index contributed by atoms with van der Waals surface area (Å²) in [6, 6.07) is 5.45. The molecule has 0 spiro atoms. The molecule has 1 aliphatic rings. The summed E-state index contributed by atoms with van der Waals surface area (Å²) in [5, 5.41) is 2.45. The van der Waals surface area contributed by atoms with Crippen molar-refractivity contribution in [3.05, 3.63) is 59.4 Å². The molecule has 1 atom stereocenters. The number of aryl methyl sites for hydroxylation is 1. The highest BCUT2D eigenvalue weighted by Gasteiger charge is 2.49. The Morgan fingerprint density at radius 3 is 2.52 bits per heavy atom. The third kappa shape index (κ3) is 2.69. The van der Waals surface area contributed by atoms with Crippen LogP contribution in [0.5, 0.6) is 0 Å². The van der Waals surface area contributed by atoms with Crippen molar-refractivity contribution < 1.29 is 23.2 Å². The highest BCUT2D eigenvalue weighted by atomic mass is 19.2. The lowest BCUT2D eigenvalue weighted by molar-refractivity contribution is -0.130. The van der Waals surface area contributed by atoms with Crippen molar-refractivity contribution in [1.82, 2.24) is 14.8 Å². The lowest BCUT2D eigenvalue weighted by Crippen LogP contribution is -2.41. The minimum Gasteiger partial charge on any atom is -0.348 e. The highest BCUT2D eigenvalue weighted by Crippen LogP contribution is 2.29. The molecule has 6 nitrogen and oxygen atoms in total. The predicted octanol–water partition coefficient (Wildman–Crippen LogP) is 1.95. The Bertz CT molecular complexity index is 893. The lowest BCUT2D eigenvalue weighted by Gasteiger charge is -2.22. The maximum atomic E-state index is 13.5. The zero-order chi connectivity index (χ0) is 18.4. The zero-order valence-electron chi connectivity index (χ0n) is 13.5. The molecule has 1 fully saturated rings. The number of ketones is 1. The monoisotopic (exact) mass is 347 g/mol. The van der Waals surface area contributed by atoms with Crippen molar-refractivity contribution in [1.29, 1.82) is 0 Å². The summed E-state index contributed by atoms with van der Waals surface area (Å²) in [7, 11) is 1.67. The van der Waals surface area contributed by atoms with E-state index in [9.17, 15) is 23.2 Å². The summed E-state index contributed by atoms with van der Waals surface area (Å²) in [6.45, 7) is 0.939. The molecule has 1 aromatic carbocycles. The van der Waals surface area contributed by atoms with E-state index in [-0.39, 0.29) is 5.56 Å². The average Bonchev–Trinajstić information content (AvgIpc) is 3.07. The van der Waals surface area contributed by atoms with E-state index < -0.39 is 41.4 Å². The van der Waals surface area contributed by atoms with Crippen LogP contribution in [-0.4, -0.2) is 33.7 Å². The minimum atomic E-state index is -1.57. The topological polar surface area (TPSA) is 71.4 Å². The molecule has 8 heteroatoms. The van der Waals surface area contributed by atoms with Crippen LogP contribution in [0.3, 0.4) is 0 Å². The summed E-state index contributed by atoms with van der Waals surface area (Å²) in [6.07, 6.45) is 1.67. The van der Waals surface area contributed by atoms with Crippen LogP contribution < -0.4 is 5.32 Å². The number of Topliss-reactive ketones (excluding diaryl/α,β-unsaturated/α-hetero) is 1. The van der Waals surface area contributed by atoms with Gasteiger partial charge in [-0.25, -0.2) is 13.6 Å². The molecular formula is C17H15F2N3O3. The second-order valence-electron chi connectivity index (χ2n) is 6.00. The van der Waals surface area contributed by atoms with E-state index in [1.165, 1.54) is 13.0 Å². The lowest BCUT2D eigenvalue weighted by atomic mass is 9.92. The van der Waals surface area contributed by atoms with Crippen molar-refractivity contribution in [3.63, 3.8) is 0 Å². The molecule has 1 aliphatic heterocycles. The normalized spacial score (nSPS) is 20.1. The van der Waals surface area contributed by atoms with Gasteiger partial charge < -0.3 is 9.88 Å². The molecule has 25 heavy (non-hydrogen) atoms. The van der Waals surface area contributed by atoms with Crippen LogP contribution in [0, 0.1) is 11.6 Å². The largest absolute Gasteiger partial charge is 0.348 e. The number of aromatic nitrogens is 1. The summed E-state index contributed by atoms with van der Waals surface area (Å²) < 4.78 is 28.2. The molecule has 1 N–H and O–H groups in total. The van der Waals surface area contributed by atoms with Crippen LogP contribution >= 0.6 is 0 Å². The fourth-order valence-corrected chi connectivity index (χ4v) is 2.82. The molecule has 0 saturated carbocycles. The molecule has 1 aromatic heterocycles. The third-order valence-corrected chi connectivity index (χ3v) is 4.30. The number of benzene rings is 1. The number of carbonyl (C=O) groups is 3. The first-order chi connectivity index (χ1) is 11.7. The number of hydrogen-bond donors (Lipinski definition) is 1. The van der Waals surface area contributed by atoms with E-state index in [0.717, 1.165) is 17.0 Å². The van der Waals surface area contributed by atoms with Crippen molar-refractivity contribution >= 4 is 17.7 Å². The van der Waals surface area contributed by atoms with Crippen LogP contribution in [0.2, 0.25) is 0 Å². The number of imide groups is 1. The van der Waals surface area contributed by atoms with E-state index in [1.54, 1.807) is 29.9 Å². The average molecular weight is 347 g/mol. The Morgan fingerprint density at radius 1 is 1.20 bits per heavy atom. The second kappa shape index (κ2) is 5.80. The van der Waals surface area contributed by atoms with Crippen LogP contribution in [0.15, 0.2) is 36.5 Å². The first-order valence-corrected chi connectivity index (χ1v) is 7.48. The number of halogens is 2. The quantitative estimate of drug-likeness (QED) is 0.679. The van der Waals surface area contributed by atoms with Gasteiger partial charge in [-0.1, -0.05) is 6.07 Å². The molecule has 0 radical (unpaired) electrons. The van der Waals surface area contributed by atoms with E-state index >= 15 is 0 Å². The Balaban J connectivity index is 1.88. The molecule has 3 amide bonds. The van der Waals surface area contributed by atoms with E-state index in [1.807, 2.05) is 0 Å². The van der Waals surface area contributed by atoms with Crippen LogP contribution in [-0.2, 0) is 17.4 Å². The van der Waals surface area contributed by atoms with Crippen LogP contribution in [0.1, 0.15) is 23.0 Å². The first-order valence-electron chi connectivity index (χ1n) is 7.48. The number of rotatable bonds is 4. The molecule has 1 saturated heterocycles. The third-order valence-electron chi connectivity index (χ3n) is 4.30. The Labute approximate surface area is 142 Å². The molecule has 0 unspecified atom stereocenters. The summed E-state index contributed by atoms with van der Waals surface area (Å²) in [5.74, 6) is -3.30. The Kier molecular flexibility index (Phi) is 3.90. The number of amides is 3. The maximum Gasteiger partial charge on any atom is 0.325 e. The van der Waals surface area contributed by atoms with Gasteiger partial charge in [-0.15, -0.1) is 0 Å². The number of urea groups is 1. The standard InChI is InChI=1S/C17H15F2N3O3/c1-17(10-5-6-11(18)12(19)8-10)15(24)22(16(25)20-17)9-14(23)13-4-3-7-21(13)2/h3-8H,9H2,1-2H3,(H,20,25)/t17-/m0/s1. The van der Waals surface area contributed by atoms with Gasteiger partial charge in [0.2, 0.25) is 0 Å². The summed E-state index contributed by atoms with van der Waals surface area (Å²) in [5.41, 5.74) is -1.12. The first kappa shape index (κ1) is 16.8. The molecule has 0 aliphatic carbocycles. The van der Waals surface area contributed by atoms with Crippen molar-refractivity contribution in [3.8, 4) is 0 Å². The predicted molar refractivity (Wildman–Crippen MR) is 83.7 cm³/mol. The number of nitrogens with one attached hydrogen (secondary N) is 1. The van der Waals surface area contributed by atoms with Gasteiger partial charge in [0.05, 0.1) is 12.2 Å². The molecule has 3 rings (SSSR count). The number of carbonyl (C=O) groups excluding carboxylic acids is 3. The van der Waals surface area contributed by atoms with Gasteiger partial charge in [0.1, 0.15) is 5.54 Å². The number of hydrogen-bond acceptors (Lipinski definition) is 3. The van der Waals surface area contributed by atoms with E-state index in [2.05, 4.69) is 5.32 Å². The van der Waals surface area contributed by atoms with Gasteiger partial charge >= 0.3 is 6.03 Å². The summed E-state index contributed by atoms with van der Waals surface area (Å²) >= 11 is 0. The van der Waals surface area contributed by atoms with E-state index in [0.29, 0.717) is 5.69 Å². The molecule has 2 heterocycles. The van der Waals surface area contributed by atoms with Gasteiger partial charge in [-0.2, -0.15) is 0 Å². The van der Waals surface area contributed by atoms with Crippen molar-refractivity contribution in [2.75, 3.05) is 6.54 Å². The molecule has 0 bridgehead atoms. The zero-order valence-corrected chi connectivity index (χ0v) is 13.5. The Morgan fingerprint density at radius 2 is 1.92 bits per heavy atom. The Hall–Kier alpha value is -3.03. The molecule has 2 aromatic rings. The minimum absolute atomic E-state index is 0.0959. The van der Waals surface area contributed by atoms with Crippen molar-refractivity contribution in [2.24, 2.45) is 7.05 Å². The fraction of sp³-hybridized carbons (Fsp3) is 0.235. The van der Waals surface area contributed by atoms with Gasteiger partial charge in [-0.3, -0.25) is 14.5 Å². The van der Waals surface area contributed by atoms with Gasteiger partial charge in [0, 0.05) is 13.2 Å². The van der Waals surface area contributed by atoms with E-state index in [4.69, 9.17) is 0 Å². The number of nitrogens with zero attached hydrogens (tertiary/aromatic N) is 2. The molecular weight excluding hydrogens is 332 g/mol. The van der Waals surface area contributed by atoms with Gasteiger partial charge in [-0.05, 0) is 36.8 Å². The van der Waals surface area contributed by atoms with Gasteiger partial charge in [0.15, 0.2) is 17.4 Å². The molecule has 130 valence electrons. The van der Waals surface area contributed by atoms with Gasteiger partial charge in [0.25, 0.3) is 5.91 Å². The fourth-order valence-electron chi connectivity index (χ4n) is 2.82. The van der Waals surface area contributed by atoms with Crippen molar-refractivity contribution in [2.45, 2.75) is 12.5 Å². The SMILES string of the molecule is Cn1cccc1C(=O)CN1C(=O)N[C@@](C)(c2ccc(F)c(F)c2)C1=O.